The molecule has 0 aromatic heterocycles. The number of aryl methyl sites for hydroxylation is 3. The Kier molecular flexibility index (Phi) is 4.40. The normalized spacial score (nSPS) is 22.1. The Hall–Kier alpha value is -2.30. The highest BCUT2D eigenvalue weighted by molar-refractivity contribution is 5.94. The summed E-state index contributed by atoms with van der Waals surface area (Å²) in [5, 5.41) is 3.00. The van der Waals surface area contributed by atoms with Gasteiger partial charge in [-0.3, -0.25) is 0 Å². The fourth-order valence-corrected chi connectivity index (χ4v) is 2.14. The first-order chi connectivity index (χ1) is 9.56. The Morgan fingerprint density at radius 1 is 1.20 bits per heavy atom. The van der Waals surface area contributed by atoms with E-state index in [1.54, 1.807) is 0 Å². The second-order valence-electron chi connectivity index (χ2n) is 4.82. The van der Waals surface area contributed by atoms with Gasteiger partial charge in [0.25, 0.3) is 0 Å². The Labute approximate surface area is 119 Å². The van der Waals surface area contributed by atoms with Crippen molar-refractivity contribution in [2.24, 2.45) is 15.7 Å². The average Bonchev–Trinajstić information content (AvgIpc) is 2.46. The van der Waals surface area contributed by atoms with Gasteiger partial charge in [0.2, 0.25) is 11.9 Å². The molecule has 0 spiro atoms. The van der Waals surface area contributed by atoms with Crippen molar-refractivity contribution in [3.8, 4) is 5.75 Å². The molecule has 0 bridgehead atoms. The summed E-state index contributed by atoms with van der Waals surface area (Å²) in [6.07, 6.45) is 4.33. The van der Waals surface area contributed by atoms with E-state index in [-0.39, 0.29) is 5.96 Å². The number of guanidine groups is 1. The van der Waals surface area contributed by atoms with Crippen molar-refractivity contribution < 1.29 is 4.74 Å². The molecule has 0 amide bonds. The minimum Gasteiger partial charge on any atom is -0.442 e. The van der Waals surface area contributed by atoms with Crippen molar-refractivity contribution in [2.45, 2.75) is 27.2 Å². The van der Waals surface area contributed by atoms with E-state index < -0.39 is 0 Å². The molecular weight excluding hydrogens is 252 g/mol. The van der Waals surface area contributed by atoms with Crippen LogP contribution in [0.1, 0.15) is 23.1 Å². The fourth-order valence-electron chi connectivity index (χ4n) is 2.14. The van der Waals surface area contributed by atoms with Gasteiger partial charge in [0.05, 0.1) is 0 Å². The Morgan fingerprint density at radius 3 is 2.60 bits per heavy atom. The van der Waals surface area contributed by atoms with Crippen LogP contribution >= 0.6 is 0 Å². The minimum atomic E-state index is 0.221. The molecule has 1 aliphatic heterocycles. The highest BCUT2D eigenvalue weighted by atomic mass is 16.5. The zero-order valence-corrected chi connectivity index (χ0v) is 12.1. The molecule has 3 N–H and O–H groups in total. The molecule has 0 saturated heterocycles. The molecule has 1 aromatic rings. The summed E-state index contributed by atoms with van der Waals surface area (Å²) in [5.74, 6) is 1.60. The summed E-state index contributed by atoms with van der Waals surface area (Å²) in [6, 6.07) is 4.18. The topological polar surface area (TPSA) is 72.0 Å². The van der Waals surface area contributed by atoms with E-state index in [2.05, 4.69) is 34.4 Å². The third-order valence-electron chi connectivity index (χ3n) is 2.92. The standard InChI is InChI=1S/C15H20N4O/c1-10-7-11(2)14(12(3)8-10)20-13-5-4-6-17-9-18-15(16)19-13/h4,6-8,17H,5,9H2,1-3H3,(H2,16,18)/b6-4-,19-13+. The molecule has 1 heterocycles. The second kappa shape index (κ2) is 6.23. The molecule has 1 aromatic carbocycles. The Balaban J connectivity index is 2.29. The molecule has 0 radical (unpaired) electrons. The summed E-state index contributed by atoms with van der Waals surface area (Å²) < 4.78 is 5.94. The lowest BCUT2D eigenvalue weighted by molar-refractivity contribution is 0.531. The SMILES string of the molecule is Cc1cc(C)c(O/C2=N/C(N)=N\CN/C=C\C2)c(C)c1. The third-order valence-corrected chi connectivity index (χ3v) is 2.92. The Morgan fingerprint density at radius 2 is 1.90 bits per heavy atom. The van der Waals surface area contributed by atoms with Crippen LogP contribution in [0.4, 0.5) is 0 Å². The van der Waals surface area contributed by atoms with Gasteiger partial charge in [-0.15, -0.1) is 0 Å². The quantitative estimate of drug-likeness (QED) is 0.823. The fraction of sp³-hybridized carbons (Fsp3) is 0.333. The predicted octanol–water partition coefficient (Wildman–Crippen LogP) is 2.17. The summed E-state index contributed by atoms with van der Waals surface area (Å²) in [6.45, 7) is 6.54. The molecule has 5 heteroatoms. The maximum atomic E-state index is 5.94. The first-order valence-corrected chi connectivity index (χ1v) is 6.58. The molecule has 0 saturated carbocycles. The number of aliphatic imine (C=N–C) groups is 2. The average molecular weight is 272 g/mol. The van der Waals surface area contributed by atoms with Crippen LogP contribution in [-0.4, -0.2) is 18.5 Å². The molecule has 5 nitrogen and oxygen atoms in total. The number of rotatable bonds is 1. The van der Waals surface area contributed by atoms with Crippen molar-refractivity contribution >= 4 is 11.9 Å². The molecule has 0 unspecified atom stereocenters. The number of hydrogen-bond acceptors (Lipinski definition) is 5. The van der Waals surface area contributed by atoms with Crippen molar-refractivity contribution in [3.63, 3.8) is 0 Å². The minimum absolute atomic E-state index is 0.221. The zero-order chi connectivity index (χ0) is 14.5. The van der Waals surface area contributed by atoms with E-state index in [9.17, 15) is 0 Å². The van der Waals surface area contributed by atoms with Crippen LogP contribution in [0.15, 0.2) is 34.4 Å². The second-order valence-corrected chi connectivity index (χ2v) is 4.82. The van der Waals surface area contributed by atoms with Gasteiger partial charge >= 0.3 is 0 Å². The van der Waals surface area contributed by atoms with E-state index in [4.69, 9.17) is 10.5 Å². The number of hydrogen-bond donors (Lipinski definition) is 2. The summed E-state index contributed by atoms with van der Waals surface area (Å²) in [7, 11) is 0. The lowest BCUT2D eigenvalue weighted by atomic mass is 10.1. The number of nitrogens with zero attached hydrogens (tertiary/aromatic N) is 2. The third kappa shape index (κ3) is 3.60. The van der Waals surface area contributed by atoms with Crippen molar-refractivity contribution in [1.29, 1.82) is 0 Å². The molecular formula is C15H20N4O. The molecule has 2 rings (SSSR count). The maximum absolute atomic E-state index is 5.94. The predicted molar refractivity (Wildman–Crippen MR) is 82.1 cm³/mol. The first-order valence-electron chi connectivity index (χ1n) is 6.58. The van der Waals surface area contributed by atoms with Gasteiger partial charge in [-0.05, 0) is 38.1 Å². The van der Waals surface area contributed by atoms with Crippen LogP contribution in [0.5, 0.6) is 5.75 Å². The number of ether oxygens (including phenoxy) is 1. The van der Waals surface area contributed by atoms with Gasteiger partial charge in [-0.1, -0.05) is 23.8 Å². The molecule has 20 heavy (non-hydrogen) atoms. The van der Waals surface area contributed by atoms with Crippen LogP contribution in [0.3, 0.4) is 0 Å². The van der Waals surface area contributed by atoms with E-state index in [1.165, 1.54) is 5.56 Å². The van der Waals surface area contributed by atoms with E-state index in [0.29, 0.717) is 19.0 Å². The molecule has 0 fully saturated rings. The van der Waals surface area contributed by atoms with Gasteiger partial charge in [0.15, 0.2) is 0 Å². The summed E-state index contributed by atoms with van der Waals surface area (Å²) in [4.78, 5) is 8.29. The van der Waals surface area contributed by atoms with Crippen LogP contribution in [0.2, 0.25) is 0 Å². The molecule has 0 atom stereocenters. The monoisotopic (exact) mass is 272 g/mol. The van der Waals surface area contributed by atoms with E-state index in [1.807, 2.05) is 26.1 Å². The van der Waals surface area contributed by atoms with Gasteiger partial charge in [-0.2, -0.15) is 4.99 Å². The molecule has 106 valence electrons. The van der Waals surface area contributed by atoms with Crippen LogP contribution in [0, 0.1) is 20.8 Å². The lowest BCUT2D eigenvalue weighted by Gasteiger charge is -2.13. The van der Waals surface area contributed by atoms with Crippen molar-refractivity contribution in [2.75, 3.05) is 6.67 Å². The lowest BCUT2D eigenvalue weighted by Crippen LogP contribution is -2.17. The van der Waals surface area contributed by atoms with Gasteiger partial charge in [-0.25, -0.2) is 4.99 Å². The van der Waals surface area contributed by atoms with Crippen LogP contribution < -0.4 is 15.8 Å². The largest absolute Gasteiger partial charge is 0.442 e. The highest BCUT2D eigenvalue weighted by Gasteiger charge is 2.09. The van der Waals surface area contributed by atoms with Gasteiger partial charge in [0, 0.05) is 6.42 Å². The Bertz CT molecular complexity index is 565. The van der Waals surface area contributed by atoms with E-state index in [0.717, 1.165) is 16.9 Å². The smallest absolute Gasteiger partial charge is 0.220 e. The zero-order valence-electron chi connectivity index (χ0n) is 12.1. The summed E-state index contributed by atoms with van der Waals surface area (Å²) >= 11 is 0. The maximum Gasteiger partial charge on any atom is 0.220 e. The first kappa shape index (κ1) is 14.1. The van der Waals surface area contributed by atoms with Gasteiger partial charge < -0.3 is 15.8 Å². The highest BCUT2D eigenvalue weighted by Crippen LogP contribution is 2.25. The number of nitrogens with two attached hydrogens (primary N) is 1. The number of benzene rings is 1. The molecule has 0 aliphatic carbocycles. The summed E-state index contributed by atoms with van der Waals surface area (Å²) in [5.41, 5.74) is 9.12. The van der Waals surface area contributed by atoms with Crippen LogP contribution in [0.25, 0.3) is 0 Å². The molecule has 1 aliphatic rings. The van der Waals surface area contributed by atoms with Crippen LogP contribution in [-0.2, 0) is 0 Å². The van der Waals surface area contributed by atoms with Crippen molar-refractivity contribution in [3.05, 3.63) is 41.1 Å². The van der Waals surface area contributed by atoms with E-state index >= 15 is 0 Å². The van der Waals surface area contributed by atoms with Crippen molar-refractivity contribution in [1.82, 2.24) is 5.32 Å². The van der Waals surface area contributed by atoms with Gasteiger partial charge in [0.1, 0.15) is 12.4 Å². The number of nitrogens with one attached hydrogen (secondary N) is 1.